The highest BCUT2D eigenvalue weighted by Crippen LogP contribution is 2.62. The van der Waals surface area contributed by atoms with Crippen molar-refractivity contribution in [3.8, 4) is 0 Å². The number of hydrogen-bond acceptors (Lipinski definition) is 4. The van der Waals surface area contributed by atoms with E-state index in [0.717, 1.165) is 18.4 Å². The zero-order chi connectivity index (χ0) is 14.2. The van der Waals surface area contributed by atoms with Gasteiger partial charge >= 0.3 is 0 Å². The van der Waals surface area contributed by atoms with Gasteiger partial charge in [0.15, 0.2) is 5.78 Å². The normalized spacial score (nSPS) is 47.8. The van der Waals surface area contributed by atoms with Gasteiger partial charge in [0.2, 0.25) is 0 Å². The number of ketones is 1. The topological polar surface area (TPSA) is 77.8 Å². The van der Waals surface area contributed by atoms with E-state index in [1.54, 1.807) is 0 Å². The van der Waals surface area contributed by atoms with Crippen LogP contribution in [-0.4, -0.2) is 39.9 Å². The van der Waals surface area contributed by atoms with Crippen molar-refractivity contribution in [2.24, 2.45) is 22.7 Å². The average Bonchev–Trinajstić information content (AvgIpc) is 2.68. The van der Waals surface area contributed by atoms with Crippen molar-refractivity contribution in [1.82, 2.24) is 0 Å². The summed E-state index contributed by atoms with van der Waals surface area (Å²) < 4.78 is 0. The second-order valence-electron chi connectivity index (χ2n) is 7.31. The Labute approximate surface area is 113 Å². The van der Waals surface area contributed by atoms with Crippen LogP contribution in [0.25, 0.3) is 0 Å². The first-order chi connectivity index (χ1) is 8.76. The number of allylic oxidation sites excluding steroid dienone is 1. The third-order valence-corrected chi connectivity index (χ3v) is 5.67. The van der Waals surface area contributed by atoms with Gasteiger partial charge in [0.1, 0.15) is 6.10 Å². The van der Waals surface area contributed by atoms with Crippen LogP contribution in [0.5, 0.6) is 0 Å². The molecule has 0 aliphatic heterocycles. The lowest BCUT2D eigenvalue weighted by molar-refractivity contribution is -0.171. The van der Waals surface area contributed by atoms with Crippen molar-refractivity contribution in [1.29, 1.82) is 0 Å². The Morgan fingerprint density at radius 1 is 1.26 bits per heavy atom. The van der Waals surface area contributed by atoms with Gasteiger partial charge in [0.05, 0.1) is 18.1 Å². The summed E-state index contributed by atoms with van der Waals surface area (Å²) in [6.07, 6.45) is -0.251. The van der Waals surface area contributed by atoms with Gasteiger partial charge in [-0.1, -0.05) is 19.4 Å². The molecule has 4 heteroatoms. The number of aliphatic hydroxyl groups is 3. The molecule has 2 saturated carbocycles. The highest BCUT2D eigenvalue weighted by molar-refractivity contribution is 6.09. The molecule has 0 radical (unpaired) electrons. The molecule has 0 bridgehead atoms. The summed E-state index contributed by atoms with van der Waals surface area (Å²) in [5.74, 6) is -0.0708. The van der Waals surface area contributed by atoms with Crippen LogP contribution in [0.3, 0.4) is 0 Å². The summed E-state index contributed by atoms with van der Waals surface area (Å²) in [7, 11) is 0. The lowest BCUT2D eigenvalue weighted by Gasteiger charge is -2.56. The Balaban J connectivity index is 2.12. The summed E-state index contributed by atoms with van der Waals surface area (Å²) in [6, 6.07) is 0. The highest BCUT2D eigenvalue weighted by atomic mass is 16.3. The van der Waals surface area contributed by atoms with Crippen molar-refractivity contribution in [3.05, 3.63) is 11.1 Å². The Morgan fingerprint density at radius 2 is 1.89 bits per heavy atom. The Morgan fingerprint density at radius 3 is 2.47 bits per heavy atom. The number of fused-ring (bicyclic) bond motifs is 2. The zero-order valence-corrected chi connectivity index (χ0v) is 11.7. The minimum atomic E-state index is -1.25. The summed E-state index contributed by atoms with van der Waals surface area (Å²) in [5.41, 5.74) is 0.481. The zero-order valence-electron chi connectivity index (χ0n) is 11.7. The van der Waals surface area contributed by atoms with Gasteiger partial charge in [0.25, 0.3) is 0 Å². The minimum Gasteiger partial charge on any atom is -0.395 e. The number of carbonyl (C=O) groups is 1. The van der Waals surface area contributed by atoms with Gasteiger partial charge in [-0.15, -0.1) is 0 Å². The van der Waals surface area contributed by atoms with Crippen molar-refractivity contribution in [3.63, 3.8) is 0 Å². The first-order valence-corrected chi connectivity index (χ1v) is 6.99. The van der Waals surface area contributed by atoms with Crippen LogP contribution in [0.15, 0.2) is 11.1 Å². The van der Waals surface area contributed by atoms with Gasteiger partial charge in [-0.3, -0.25) is 4.79 Å². The minimum absolute atomic E-state index is 0.0358. The smallest absolute Gasteiger partial charge is 0.189 e. The first-order valence-electron chi connectivity index (χ1n) is 6.99. The second-order valence-corrected chi connectivity index (χ2v) is 7.31. The molecule has 106 valence electrons. The van der Waals surface area contributed by atoms with E-state index in [1.165, 1.54) is 0 Å². The monoisotopic (exact) mass is 266 g/mol. The SMILES string of the molecule is CC1=C2C(=O)[C@H](O)[C@@]2(CO)[C@@H](O)[C@@H]2CC(C)(C)C[C@H]12. The van der Waals surface area contributed by atoms with E-state index in [9.17, 15) is 20.1 Å². The van der Waals surface area contributed by atoms with Crippen LogP contribution >= 0.6 is 0 Å². The van der Waals surface area contributed by atoms with E-state index < -0.39 is 17.6 Å². The Kier molecular flexibility index (Phi) is 2.58. The maximum Gasteiger partial charge on any atom is 0.189 e. The fraction of sp³-hybridized carbons (Fsp3) is 0.800. The molecule has 0 aromatic heterocycles. The van der Waals surface area contributed by atoms with Gasteiger partial charge in [-0.2, -0.15) is 0 Å². The lowest BCUT2D eigenvalue weighted by Crippen LogP contribution is -2.68. The molecular formula is C15H22O4. The van der Waals surface area contributed by atoms with E-state index in [4.69, 9.17) is 0 Å². The molecule has 2 fully saturated rings. The molecule has 3 aliphatic rings. The molecule has 3 rings (SSSR count). The summed E-state index contributed by atoms with van der Waals surface area (Å²) in [4.78, 5) is 11.9. The van der Waals surface area contributed by atoms with E-state index in [2.05, 4.69) is 13.8 Å². The number of hydrogen-bond donors (Lipinski definition) is 3. The van der Waals surface area contributed by atoms with Crippen LogP contribution in [0.2, 0.25) is 0 Å². The van der Waals surface area contributed by atoms with E-state index in [-0.39, 0.29) is 29.6 Å². The maximum atomic E-state index is 11.9. The van der Waals surface area contributed by atoms with Crippen molar-refractivity contribution in [2.45, 2.75) is 45.8 Å². The molecule has 0 amide bonds. The summed E-state index contributed by atoms with van der Waals surface area (Å²) in [6.45, 7) is 5.90. The Hall–Kier alpha value is -0.710. The fourth-order valence-electron chi connectivity index (χ4n) is 4.77. The molecule has 0 aromatic carbocycles. The van der Waals surface area contributed by atoms with Crippen LogP contribution in [-0.2, 0) is 4.79 Å². The number of carbonyl (C=O) groups excluding carboxylic acids is 1. The van der Waals surface area contributed by atoms with Crippen LogP contribution < -0.4 is 0 Å². The Bertz CT molecular complexity index is 479. The number of aliphatic hydroxyl groups excluding tert-OH is 3. The molecule has 0 spiro atoms. The van der Waals surface area contributed by atoms with Gasteiger partial charge in [0, 0.05) is 5.57 Å². The van der Waals surface area contributed by atoms with Gasteiger partial charge in [-0.25, -0.2) is 0 Å². The van der Waals surface area contributed by atoms with E-state index >= 15 is 0 Å². The molecular weight excluding hydrogens is 244 g/mol. The third-order valence-electron chi connectivity index (χ3n) is 5.67. The summed E-state index contributed by atoms with van der Waals surface area (Å²) >= 11 is 0. The van der Waals surface area contributed by atoms with Gasteiger partial charge < -0.3 is 15.3 Å². The second kappa shape index (κ2) is 3.68. The predicted octanol–water partition coefficient (Wildman–Crippen LogP) is 0.652. The van der Waals surface area contributed by atoms with Crippen LogP contribution in [0.1, 0.15) is 33.6 Å². The molecule has 19 heavy (non-hydrogen) atoms. The highest BCUT2D eigenvalue weighted by Gasteiger charge is 2.68. The molecule has 0 aromatic rings. The lowest BCUT2D eigenvalue weighted by atomic mass is 9.50. The standard InChI is InChI=1S/C15H22O4/c1-7-8-4-14(2,3)5-9(8)12(18)15(6-16)10(7)11(17)13(15)19/h8-9,12-13,16,18-19H,4-6H2,1-3H3/t8-,9-,12+,13+,15-/m1/s1. The molecule has 3 N–H and O–H groups in total. The molecule has 3 aliphatic carbocycles. The molecule has 0 saturated heterocycles. The van der Waals surface area contributed by atoms with Crippen molar-refractivity contribution in [2.75, 3.05) is 6.61 Å². The summed E-state index contributed by atoms with van der Waals surface area (Å²) in [5, 5.41) is 30.3. The maximum absolute atomic E-state index is 11.9. The molecule has 0 heterocycles. The number of rotatable bonds is 1. The van der Waals surface area contributed by atoms with E-state index in [1.807, 2.05) is 6.92 Å². The first kappa shape index (κ1) is 13.3. The van der Waals surface area contributed by atoms with Crippen LogP contribution in [0.4, 0.5) is 0 Å². The molecule has 4 nitrogen and oxygen atoms in total. The molecule has 5 atom stereocenters. The third kappa shape index (κ3) is 1.37. The van der Waals surface area contributed by atoms with Crippen molar-refractivity contribution >= 4 is 5.78 Å². The molecule has 0 unspecified atom stereocenters. The quantitative estimate of drug-likeness (QED) is 0.651. The van der Waals surface area contributed by atoms with Crippen molar-refractivity contribution < 1.29 is 20.1 Å². The predicted molar refractivity (Wildman–Crippen MR) is 69.2 cm³/mol. The number of Topliss-reactive ketones (excluding diaryl/α,β-unsaturated/α-hetero) is 1. The fourth-order valence-corrected chi connectivity index (χ4v) is 4.77. The van der Waals surface area contributed by atoms with E-state index in [0.29, 0.717) is 5.57 Å². The van der Waals surface area contributed by atoms with Crippen LogP contribution in [0, 0.1) is 22.7 Å². The largest absolute Gasteiger partial charge is 0.395 e. The average molecular weight is 266 g/mol. The van der Waals surface area contributed by atoms with Gasteiger partial charge in [-0.05, 0) is 37.0 Å².